The van der Waals surface area contributed by atoms with Gasteiger partial charge in [-0.25, -0.2) is 4.98 Å². The topological polar surface area (TPSA) is 68.5 Å². The Morgan fingerprint density at radius 2 is 1.95 bits per heavy atom. The number of anilines is 2. The molecule has 2 heterocycles. The summed E-state index contributed by atoms with van der Waals surface area (Å²) in [6, 6.07) is 7.66. The van der Waals surface area contributed by atoms with Gasteiger partial charge in [-0.1, -0.05) is 19.1 Å². The summed E-state index contributed by atoms with van der Waals surface area (Å²) in [4.78, 5) is 4.43. The molecule has 0 atom stereocenters. The lowest BCUT2D eigenvalue weighted by atomic mass is 10.3. The number of hydrogen-bond acceptors (Lipinski definition) is 5. The number of para-hydroxylation sites is 1. The van der Waals surface area contributed by atoms with Crippen LogP contribution in [-0.2, 0) is 13.5 Å². The summed E-state index contributed by atoms with van der Waals surface area (Å²) in [5, 5.41) is 15.7. The van der Waals surface area contributed by atoms with Crippen LogP contribution in [0.2, 0.25) is 0 Å². The first-order valence-electron chi connectivity index (χ1n) is 6.15. The number of aryl methyl sites for hydroxylation is 2. The van der Waals surface area contributed by atoms with Crippen LogP contribution in [0, 0.1) is 0 Å². The Kier molecular flexibility index (Phi) is 2.83. The Balaban J connectivity index is 1.96. The maximum absolute atomic E-state index is 4.43. The van der Waals surface area contributed by atoms with Crippen molar-refractivity contribution in [1.29, 1.82) is 0 Å². The van der Waals surface area contributed by atoms with E-state index in [1.54, 1.807) is 4.68 Å². The van der Waals surface area contributed by atoms with Crippen LogP contribution in [0.1, 0.15) is 12.6 Å². The summed E-state index contributed by atoms with van der Waals surface area (Å²) >= 11 is 0. The van der Waals surface area contributed by atoms with Gasteiger partial charge < -0.3 is 5.32 Å². The molecule has 0 unspecified atom stereocenters. The molecular weight excluding hydrogens is 240 g/mol. The first-order chi connectivity index (χ1) is 9.26. The smallest absolute Gasteiger partial charge is 0.247 e. The molecule has 1 N–H and O–H groups in total. The molecule has 6 nitrogen and oxygen atoms in total. The molecule has 0 aliphatic heterocycles. The molecule has 19 heavy (non-hydrogen) atoms. The fraction of sp³-hybridized carbons (Fsp3) is 0.231. The molecule has 2 aromatic heterocycles. The highest BCUT2D eigenvalue weighted by Crippen LogP contribution is 2.18. The minimum atomic E-state index is 0.487. The van der Waals surface area contributed by atoms with Crippen molar-refractivity contribution in [2.24, 2.45) is 7.05 Å². The van der Waals surface area contributed by atoms with E-state index in [1.165, 1.54) is 0 Å². The van der Waals surface area contributed by atoms with Gasteiger partial charge in [-0.15, -0.1) is 10.2 Å². The van der Waals surface area contributed by atoms with E-state index in [9.17, 15) is 0 Å². The molecule has 0 saturated heterocycles. The molecule has 3 rings (SSSR count). The van der Waals surface area contributed by atoms with E-state index in [-0.39, 0.29) is 0 Å². The third-order valence-corrected chi connectivity index (χ3v) is 2.85. The molecule has 0 bridgehead atoms. The first kappa shape index (κ1) is 11.6. The minimum absolute atomic E-state index is 0.487. The van der Waals surface area contributed by atoms with E-state index >= 15 is 0 Å². The van der Waals surface area contributed by atoms with E-state index < -0.39 is 0 Å². The van der Waals surface area contributed by atoms with E-state index in [2.05, 4.69) is 32.5 Å². The third kappa shape index (κ3) is 2.24. The summed E-state index contributed by atoms with van der Waals surface area (Å²) in [6.07, 6.45) is 2.77. The zero-order valence-corrected chi connectivity index (χ0v) is 10.8. The van der Waals surface area contributed by atoms with Gasteiger partial charge in [0.2, 0.25) is 5.95 Å². The van der Waals surface area contributed by atoms with Gasteiger partial charge in [0.05, 0.1) is 16.9 Å². The van der Waals surface area contributed by atoms with Gasteiger partial charge in [0.1, 0.15) is 5.52 Å². The normalized spacial score (nSPS) is 10.8. The van der Waals surface area contributed by atoms with Crippen LogP contribution in [0.4, 0.5) is 11.6 Å². The SMILES string of the molecule is CCc1nn(C)cc1Nc1nnc2ccccc2n1. The van der Waals surface area contributed by atoms with Crippen LogP contribution in [0.5, 0.6) is 0 Å². The number of nitrogens with zero attached hydrogens (tertiary/aromatic N) is 5. The largest absolute Gasteiger partial charge is 0.320 e. The number of hydrogen-bond donors (Lipinski definition) is 1. The number of benzene rings is 1. The van der Waals surface area contributed by atoms with Gasteiger partial charge in [0.25, 0.3) is 0 Å². The average molecular weight is 254 g/mol. The highest BCUT2D eigenvalue weighted by atomic mass is 15.3. The summed E-state index contributed by atoms with van der Waals surface area (Å²) < 4.78 is 1.77. The van der Waals surface area contributed by atoms with Crippen LogP contribution in [0.3, 0.4) is 0 Å². The van der Waals surface area contributed by atoms with Gasteiger partial charge in [-0.05, 0) is 18.6 Å². The van der Waals surface area contributed by atoms with Gasteiger partial charge in [-0.2, -0.15) is 5.10 Å². The maximum atomic E-state index is 4.43. The minimum Gasteiger partial charge on any atom is -0.320 e. The summed E-state index contributed by atoms with van der Waals surface area (Å²) in [5.74, 6) is 0.487. The Hall–Kier alpha value is -2.50. The molecule has 0 amide bonds. The van der Waals surface area contributed by atoms with E-state index in [0.717, 1.165) is 28.8 Å². The molecule has 0 radical (unpaired) electrons. The van der Waals surface area contributed by atoms with Crippen LogP contribution >= 0.6 is 0 Å². The van der Waals surface area contributed by atoms with E-state index in [4.69, 9.17) is 0 Å². The molecule has 0 aliphatic rings. The molecule has 0 fully saturated rings. The quantitative estimate of drug-likeness (QED) is 0.774. The second kappa shape index (κ2) is 4.64. The van der Waals surface area contributed by atoms with Crippen LogP contribution < -0.4 is 5.32 Å². The zero-order chi connectivity index (χ0) is 13.2. The number of aromatic nitrogens is 5. The lowest BCUT2D eigenvalue weighted by molar-refractivity contribution is 0.746. The Morgan fingerprint density at radius 3 is 2.74 bits per heavy atom. The zero-order valence-electron chi connectivity index (χ0n) is 10.8. The Morgan fingerprint density at radius 1 is 1.16 bits per heavy atom. The summed E-state index contributed by atoms with van der Waals surface area (Å²) in [7, 11) is 1.89. The van der Waals surface area contributed by atoms with Crippen LogP contribution in [0.15, 0.2) is 30.5 Å². The molecule has 0 aliphatic carbocycles. The molecule has 0 spiro atoms. The predicted molar refractivity (Wildman–Crippen MR) is 73.2 cm³/mol. The lowest BCUT2D eigenvalue weighted by Crippen LogP contribution is -2.00. The number of rotatable bonds is 3. The molecule has 6 heteroatoms. The first-order valence-corrected chi connectivity index (χ1v) is 6.15. The lowest BCUT2D eigenvalue weighted by Gasteiger charge is -2.03. The number of nitrogens with one attached hydrogen (secondary N) is 1. The van der Waals surface area contributed by atoms with Gasteiger partial charge >= 0.3 is 0 Å². The Labute approximate surface area is 110 Å². The number of fused-ring (bicyclic) bond motifs is 1. The highest BCUT2D eigenvalue weighted by molar-refractivity contribution is 5.74. The summed E-state index contributed by atoms with van der Waals surface area (Å²) in [5.41, 5.74) is 3.51. The van der Waals surface area contributed by atoms with Gasteiger partial charge in [-0.3, -0.25) is 4.68 Å². The van der Waals surface area contributed by atoms with Crippen molar-refractivity contribution in [3.63, 3.8) is 0 Å². The van der Waals surface area contributed by atoms with E-state index in [1.807, 2.05) is 37.5 Å². The second-order valence-electron chi connectivity index (χ2n) is 4.27. The van der Waals surface area contributed by atoms with Crippen molar-refractivity contribution in [3.05, 3.63) is 36.2 Å². The van der Waals surface area contributed by atoms with E-state index in [0.29, 0.717) is 5.95 Å². The standard InChI is InChI=1S/C13H14N6/c1-3-9-12(8-19(2)18-9)15-13-14-10-6-4-5-7-11(10)16-17-13/h4-8H,3H2,1-2H3,(H,14,15,17). The molecule has 0 saturated carbocycles. The molecule has 96 valence electrons. The fourth-order valence-corrected chi connectivity index (χ4v) is 1.95. The predicted octanol–water partition coefficient (Wildman–Crippen LogP) is 2.06. The summed E-state index contributed by atoms with van der Waals surface area (Å²) in [6.45, 7) is 2.06. The monoisotopic (exact) mass is 254 g/mol. The average Bonchev–Trinajstić information content (AvgIpc) is 2.78. The van der Waals surface area contributed by atoms with Crippen molar-refractivity contribution in [3.8, 4) is 0 Å². The van der Waals surface area contributed by atoms with Crippen LogP contribution in [0.25, 0.3) is 11.0 Å². The third-order valence-electron chi connectivity index (χ3n) is 2.85. The molecule has 3 aromatic rings. The van der Waals surface area contributed by atoms with Crippen LogP contribution in [-0.4, -0.2) is 25.0 Å². The highest BCUT2D eigenvalue weighted by Gasteiger charge is 2.08. The van der Waals surface area contributed by atoms with Gasteiger partial charge in [0.15, 0.2) is 0 Å². The van der Waals surface area contributed by atoms with Gasteiger partial charge in [0, 0.05) is 13.2 Å². The molecule has 1 aromatic carbocycles. The van der Waals surface area contributed by atoms with Crippen molar-refractivity contribution in [1.82, 2.24) is 25.0 Å². The fourth-order valence-electron chi connectivity index (χ4n) is 1.95. The van der Waals surface area contributed by atoms with Crippen molar-refractivity contribution in [2.45, 2.75) is 13.3 Å². The maximum Gasteiger partial charge on any atom is 0.247 e. The molecular formula is C13H14N6. The second-order valence-corrected chi connectivity index (χ2v) is 4.27. The van der Waals surface area contributed by atoms with Crippen molar-refractivity contribution in [2.75, 3.05) is 5.32 Å². The van der Waals surface area contributed by atoms with Crippen molar-refractivity contribution < 1.29 is 0 Å². The Bertz CT molecular complexity index is 718. The van der Waals surface area contributed by atoms with Crippen molar-refractivity contribution >= 4 is 22.7 Å².